The van der Waals surface area contributed by atoms with E-state index in [2.05, 4.69) is 31.2 Å². The van der Waals surface area contributed by atoms with E-state index in [1.54, 1.807) is 12.1 Å². The Balaban J connectivity index is 1.64. The number of nitrogens with zero attached hydrogens (tertiary/aromatic N) is 1. The van der Waals surface area contributed by atoms with Gasteiger partial charge in [0.05, 0.1) is 12.0 Å². The zero-order chi connectivity index (χ0) is 16.4. The van der Waals surface area contributed by atoms with E-state index in [1.165, 1.54) is 12.1 Å². The summed E-state index contributed by atoms with van der Waals surface area (Å²) in [5.74, 6) is 0.163. The van der Waals surface area contributed by atoms with Gasteiger partial charge in [0.25, 0.3) is 0 Å². The molecule has 4 N–H and O–H groups in total. The van der Waals surface area contributed by atoms with Crippen LogP contribution in [0, 0.1) is 5.92 Å². The number of aliphatic imine (C=N–C) groups is 1. The lowest BCUT2D eigenvalue weighted by Gasteiger charge is -2.25. The molecule has 23 heavy (non-hydrogen) atoms. The molecule has 0 aromatic heterocycles. The molecule has 1 fully saturated rings. The van der Waals surface area contributed by atoms with E-state index in [0.29, 0.717) is 12.5 Å². The molecule has 0 aliphatic carbocycles. The lowest BCUT2D eigenvalue weighted by Crippen LogP contribution is -2.52. The average molecular weight is 325 g/mol. The zero-order valence-corrected chi connectivity index (χ0v) is 12.3. The monoisotopic (exact) mass is 325 g/mol. The van der Waals surface area contributed by atoms with Crippen LogP contribution in [0.3, 0.4) is 0 Å². The molecule has 0 bridgehead atoms. The van der Waals surface area contributed by atoms with Crippen LogP contribution < -0.4 is 26.2 Å². The highest BCUT2D eigenvalue weighted by Gasteiger charge is 2.37. The molecule has 0 saturated carbocycles. The third-order valence-electron chi connectivity index (χ3n) is 3.76. The van der Waals surface area contributed by atoms with Crippen LogP contribution in [0.15, 0.2) is 29.3 Å². The highest BCUT2D eigenvalue weighted by molar-refractivity contribution is 6.00. The number of hydrogen-bond acceptors (Lipinski definition) is 6. The Morgan fingerprint density at radius 1 is 1.35 bits per heavy atom. The number of amides is 1. The molecule has 1 amide bonds. The second kappa shape index (κ2) is 6.47. The van der Waals surface area contributed by atoms with Crippen LogP contribution in [0.5, 0.6) is 5.75 Å². The summed E-state index contributed by atoms with van der Waals surface area (Å²) in [7, 11) is 0. The number of carbonyl (C=O) groups is 1. The van der Waals surface area contributed by atoms with E-state index in [0.717, 1.165) is 5.56 Å². The SMILES string of the molecule is CC(NC1=NC2NNCC2C(=O)N1)c1ccc(OC(F)F)cc1. The first-order chi connectivity index (χ1) is 11.0. The van der Waals surface area contributed by atoms with Gasteiger partial charge in [0, 0.05) is 6.54 Å². The number of nitrogens with one attached hydrogen (secondary N) is 4. The first-order valence-corrected chi connectivity index (χ1v) is 7.21. The van der Waals surface area contributed by atoms with Gasteiger partial charge < -0.3 is 10.1 Å². The number of rotatable bonds is 4. The summed E-state index contributed by atoms with van der Waals surface area (Å²) in [5, 5.41) is 5.82. The van der Waals surface area contributed by atoms with Crippen molar-refractivity contribution in [3.63, 3.8) is 0 Å². The molecular weight excluding hydrogens is 308 g/mol. The number of halogens is 2. The van der Waals surface area contributed by atoms with Gasteiger partial charge in [0.2, 0.25) is 5.91 Å². The Labute approximate surface area is 131 Å². The van der Waals surface area contributed by atoms with Crippen molar-refractivity contribution in [2.24, 2.45) is 10.9 Å². The van der Waals surface area contributed by atoms with E-state index in [1.807, 2.05) is 6.92 Å². The smallest absolute Gasteiger partial charge is 0.387 e. The van der Waals surface area contributed by atoms with Crippen LogP contribution in [-0.2, 0) is 4.79 Å². The predicted octanol–water partition coefficient (Wildman–Crippen LogP) is 0.474. The zero-order valence-electron chi connectivity index (χ0n) is 12.3. The predicted molar refractivity (Wildman–Crippen MR) is 78.6 cm³/mol. The van der Waals surface area contributed by atoms with Crippen molar-refractivity contribution in [1.82, 2.24) is 21.5 Å². The normalized spacial score (nSPS) is 24.7. The van der Waals surface area contributed by atoms with E-state index in [-0.39, 0.29) is 29.8 Å². The molecule has 1 aromatic carbocycles. The highest BCUT2D eigenvalue weighted by atomic mass is 19.3. The number of hydrazine groups is 1. The van der Waals surface area contributed by atoms with E-state index in [9.17, 15) is 13.6 Å². The standard InChI is InChI=1S/C14H17F2N5O2/c1-7(8-2-4-9(5-3-8)23-13(15)16)18-14-19-11-10(6-17-21-11)12(22)20-14/h2-5,7,10-11,13,17,21H,6H2,1H3,(H2,18,19,20,22). The van der Waals surface area contributed by atoms with Gasteiger partial charge in [-0.2, -0.15) is 8.78 Å². The van der Waals surface area contributed by atoms with Crippen LogP contribution in [0.1, 0.15) is 18.5 Å². The van der Waals surface area contributed by atoms with Gasteiger partial charge in [-0.3, -0.25) is 15.5 Å². The number of benzene rings is 1. The molecule has 2 heterocycles. The molecule has 3 unspecified atom stereocenters. The van der Waals surface area contributed by atoms with Gasteiger partial charge in [0.15, 0.2) is 5.96 Å². The summed E-state index contributed by atoms with van der Waals surface area (Å²) in [6.45, 7) is -0.429. The Morgan fingerprint density at radius 2 is 2.09 bits per heavy atom. The molecule has 3 atom stereocenters. The van der Waals surface area contributed by atoms with E-state index < -0.39 is 6.61 Å². The molecule has 7 nitrogen and oxygen atoms in total. The lowest BCUT2D eigenvalue weighted by molar-refractivity contribution is -0.123. The van der Waals surface area contributed by atoms with Crippen molar-refractivity contribution in [3.8, 4) is 5.75 Å². The summed E-state index contributed by atoms with van der Waals surface area (Å²) in [5.41, 5.74) is 6.68. The minimum Gasteiger partial charge on any atom is -0.435 e. The molecule has 2 aliphatic rings. The van der Waals surface area contributed by atoms with Gasteiger partial charge in [0.1, 0.15) is 11.9 Å². The summed E-state index contributed by atoms with van der Waals surface area (Å²) in [4.78, 5) is 16.3. The first kappa shape index (κ1) is 15.6. The molecule has 0 radical (unpaired) electrons. The molecule has 3 rings (SSSR count). The molecule has 9 heteroatoms. The van der Waals surface area contributed by atoms with Gasteiger partial charge in [-0.1, -0.05) is 12.1 Å². The minimum absolute atomic E-state index is 0.0992. The maximum Gasteiger partial charge on any atom is 0.387 e. The fraction of sp³-hybridized carbons (Fsp3) is 0.429. The summed E-state index contributed by atoms with van der Waals surface area (Å²) < 4.78 is 28.6. The largest absolute Gasteiger partial charge is 0.435 e. The second-order valence-corrected chi connectivity index (χ2v) is 5.36. The van der Waals surface area contributed by atoms with Crippen LogP contribution in [0.4, 0.5) is 8.78 Å². The van der Waals surface area contributed by atoms with Gasteiger partial charge in [-0.15, -0.1) is 0 Å². The third-order valence-corrected chi connectivity index (χ3v) is 3.76. The van der Waals surface area contributed by atoms with Crippen LogP contribution >= 0.6 is 0 Å². The number of alkyl halides is 2. The molecule has 1 saturated heterocycles. The molecule has 2 aliphatic heterocycles. The number of ether oxygens (including phenoxy) is 1. The highest BCUT2D eigenvalue weighted by Crippen LogP contribution is 2.20. The molecule has 124 valence electrons. The van der Waals surface area contributed by atoms with Crippen molar-refractivity contribution < 1.29 is 18.3 Å². The van der Waals surface area contributed by atoms with Crippen molar-refractivity contribution in [2.75, 3.05) is 6.54 Å². The quantitative estimate of drug-likeness (QED) is 0.647. The van der Waals surface area contributed by atoms with Gasteiger partial charge in [-0.05, 0) is 24.6 Å². The summed E-state index contributed by atoms with van der Waals surface area (Å²) in [6.07, 6.45) is -0.291. The summed E-state index contributed by atoms with van der Waals surface area (Å²) >= 11 is 0. The minimum atomic E-state index is -2.84. The van der Waals surface area contributed by atoms with Crippen molar-refractivity contribution >= 4 is 11.9 Å². The fourth-order valence-corrected chi connectivity index (χ4v) is 2.52. The van der Waals surface area contributed by atoms with Crippen molar-refractivity contribution in [2.45, 2.75) is 25.7 Å². The molecule has 0 spiro atoms. The maximum absolute atomic E-state index is 12.1. The van der Waals surface area contributed by atoms with Gasteiger partial charge >= 0.3 is 6.61 Å². The number of carbonyl (C=O) groups excluding carboxylic acids is 1. The Morgan fingerprint density at radius 3 is 2.78 bits per heavy atom. The third kappa shape index (κ3) is 3.57. The van der Waals surface area contributed by atoms with Crippen molar-refractivity contribution in [1.29, 1.82) is 0 Å². The fourth-order valence-electron chi connectivity index (χ4n) is 2.52. The topological polar surface area (TPSA) is 86.8 Å². The van der Waals surface area contributed by atoms with Crippen LogP contribution in [0.2, 0.25) is 0 Å². The Bertz CT molecular complexity index is 608. The summed E-state index contributed by atoms with van der Waals surface area (Å²) in [6, 6.07) is 6.14. The molecular formula is C14H17F2N5O2. The Hall–Kier alpha value is -2.26. The van der Waals surface area contributed by atoms with Crippen molar-refractivity contribution in [3.05, 3.63) is 29.8 Å². The maximum atomic E-state index is 12.1. The lowest BCUT2D eigenvalue weighted by atomic mass is 10.1. The Kier molecular flexibility index (Phi) is 4.39. The number of guanidine groups is 1. The average Bonchev–Trinajstić information content (AvgIpc) is 2.96. The second-order valence-electron chi connectivity index (χ2n) is 5.36. The van der Waals surface area contributed by atoms with E-state index >= 15 is 0 Å². The number of fused-ring (bicyclic) bond motifs is 1. The number of hydrogen-bond donors (Lipinski definition) is 4. The first-order valence-electron chi connectivity index (χ1n) is 7.21. The van der Waals surface area contributed by atoms with Crippen LogP contribution in [-0.4, -0.2) is 31.2 Å². The van der Waals surface area contributed by atoms with Crippen LogP contribution in [0.25, 0.3) is 0 Å². The molecule has 1 aromatic rings. The van der Waals surface area contributed by atoms with E-state index in [4.69, 9.17) is 0 Å². The van der Waals surface area contributed by atoms with Gasteiger partial charge in [-0.25, -0.2) is 10.4 Å².